The highest BCUT2D eigenvalue weighted by Gasteiger charge is 2.21. The van der Waals surface area contributed by atoms with Crippen LogP contribution in [-0.4, -0.2) is 19.5 Å². The van der Waals surface area contributed by atoms with E-state index in [-0.39, 0.29) is 0 Å². The molecule has 5 nitrogen and oxygen atoms in total. The van der Waals surface area contributed by atoms with E-state index in [9.17, 15) is 0 Å². The van der Waals surface area contributed by atoms with E-state index in [2.05, 4.69) is 126 Å². The lowest BCUT2D eigenvalue weighted by atomic mass is 9.94. The summed E-state index contributed by atoms with van der Waals surface area (Å²) in [6.45, 7) is 0. The molecule has 3 aromatic heterocycles. The summed E-state index contributed by atoms with van der Waals surface area (Å²) in [5.74, 6) is 1.89. The highest BCUT2D eigenvalue weighted by atomic mass is 16.3. The summed E-state index contributed by atoms with van der Waals surface area (Å²) in [6.07, 6.45) is 0. The van der Waals surface area contributed by atoms with E-state index in [0.717, 1.165) is 66.3 Å². The molecule has 0 bridgehead atoms. The summed E-state index contributed by atoms with van der Waals surface area (Å²) in [5.41, 5.74) is 10.0. The number of hydrogen-bond acceptors (Lipinski definition) is 4. The predicted octanol–water partition coefficient (Wildman–Crippen LogP) is 12.7. The molecule has 0 radical (unpaired) electrons. The maximum absolute atomic E-state index is 6.65. The smallest absolute Gasteiger partial charge is 0.164 e. The lowest BCUT2D eigenvalue weighted by Crippen LogP contribution is -2.00. The molecule has 0 aliphatic rings. The Kier molecular flexibility index (Phi) is 6.79. The van der Waals surface area contributed by atoms with Gasteiger partial charge in [0, 0.05) is 32.8 Å². The second-order valence-electron chi connectivity index (χ2n) is 13.6. The van der Waals surface area contributed by atoms with Crippen LogP contribution in [0.25, 0.3) is 105 Å². The molecule has 11 rings (SSSR count). The number of rotatable bonds is 5. The fraction of sp³-hybridized carbons (Fsp3) is 0. The van der Waals surface area contributed by atoms with Crippen LogP contribution in [0.2, 0.25) is 0 Å². The molecule has 5 heteroatoms. The van der Waals surface area contributed by atoms with Crippen molar-refractivity contribution in [3.8, 4) is 51.0 Å². The van der Waals surface area contributed by atoms with Crippen LogP contribution in [0.15, 0.2) is 186 Å². The molecule has 0 aliphatic carbocycles. The first-order chi connectivity index (χ1) is 26.8. The fourth-order valence-corrected chi connectivity index (χ4v) is 8.03. The minimum Gasteiger partial charge on any atom is -0.456 e. The third kappa shape index (κ3) is 4.76. The molecule has 0 fully saturated rings. The summed E-state index contributed by atoms with van der Waals surface area (Å²) in [4.78, 5) is 15.1. The van der Waals surface area contributed by atoms with Gasteiger partial charge >= 0.3 is 0 Å². The van der Waals surface area contributed by atoms with Gasteiger partial charge in [0.2, 0.25) is 0 Å². The zero-order valence-electron chi connectivity index (χ0n) is 29.0. The minimum atomic E-state index is 0.617. The van der Waals surface area contributed by atoms with Crippen molar-refractivity contribution in [1.82, 2.24) is 19.5 Å². The second-order valence-corrected chi connectivity index (χ2v) is 13.6. The topological polar surface area (TPSA) is 56.7 Å². The predicted molar refractivity (Wildman–Crippen MR) is 221 cm³/mol. The summed E-state index contributed by atoms with van der Waals surface area (Å²) in [5, 5.41) is 6.90. The number of hydrogen-bond donors (Lipinski definition) is 0. The normalized spacial score (nSPS) is 11.7. The van der Waals surface area contributed by atoms with Gasteiger partial charge in [-0.1, -0.05) is 152 Å². The van der Waals surface area contributed by atoms with Gasteiger partial charge in [-0.15, -0.1) is 0 Å². The maximum atomic E-state index is 6.65. The van der Waals surface area contributed by atoms with Crippen LogP contribution in [0.3, 0.4) is 0 Å². The van der Waals surface area contributed by atoms with E-state index in [4.69, 9.17) is 19.4 Å². The van der Waals surface area contributed by atoms with Gasteiger partial charge in [-0.05, 0) is 52.2 Å². The second kappa shape index (κ2) is 12.1. The van der Waals surface area contributed by atoms with Crippen molar-refractivity contribution in [2.24, 2.45) is 0 Å². The number of para-hydroxylation sites is 1. The largest absolute Gasteiger partial charge is 0.456 e. The van der Waals surface area contributed by atoms with Crippen LogP contribution < -0.4 is 0 Å². The van der Waals surface area contributed by atoms with Gasteiger partial charge in [-0.25, -0.2) is 15.0 Å². The number of aromatic nitrogens is 4. The molecule has 54 heavy (non-hydrogen) atoms. The van der Waals surface area contributed by atoms with Gasteiger partial charge in [-0.3, -0.25) is 0 Å². The lowest BCUT2D eigenvalue weighted by Gasteiger charge is -2.13. The molecule has 0 unspecified atom stereocenters. The van der Waals surface area contributed by atoms with Gasteiger partial charge in [0.05, 0.1) is 22.1 Å². The summed E-state index contributed by atoms with van der Waals surface area (Å²) < 4.78 is 9.03. The van der Waals surface area contributed by atoms with E-state index < -0.39 is 0 Å². The van der Waals surface area contributed by atoms with Crippen LogP contribution in [-0.2, 0) is 0 Å². The average molecular weight is 691 g/mol. The maximum Gasteiger partial charge on any atom is 0.164 e. The zero-order valence-corrected chi connectivity index (χ0v) is 29.0. The SMILES string of the molecule is c1ccc(-c2nc(-c3ccccc3)nc(-c3ccc4c5ccccc5n(-c5cccc6oc7cccc(-c8cccc9ccccc89)c7c56)c4c3)n2)cc1. The van der Waals surface area contributed by atoms with Crippen LogP contribution in [0.1, 0.15) is 0 Å². The third-order valence-corrected chi connectivity index (χ3v) is 10.5. The quantitative estimate of drug-likeness (QED) is 0.180. The lowest BCUT2D eigenvalue weighted by molar-refractivity contribution is 0.669. The van der Waals surface area contributed by atoms with Gasteiger partial charge < -0.3 is 8.98 Å². The molecule has 11 aromatic rings. The summed E-state index contributed by atoms with van der Waals surface area (Å²) in [7, 11) is 0. The Morgan fingerprint density at radius 1 is 0.370 bits per heavy atom. The number of benzene rings is 8. The van der Waals surface area contributed by atoms with Crippen LogP contribution in [0.4, 0.5) is 0 Å². The molecule has 3 heterocycles. The minimum absolute atomic E-state index is 0.617. The van der Waals surface area contributed by atoms with Crippen molar-refractivity contribution < 1.29 is 4.42 Å². The standard InChI is InChI=1S/C49H30N4O/c1-3-15-32(16-4-1)47-50-48(33-17-5-2-6-18-33)52-49(51-47)34-28-29-38-37-21-9-10-24-40(37)53(42(38)30-34)41-25-13-27-44-46(41)45-39(23-12-26-43(45)54-44)36-22-11-19-31-14-7-8-20-35(31)36/h1-30H. The van der Waals surface area contributed by atoms with Gasteiger partial charge in [0.1, 0.15) is 11.2 Å². The Morgan fingerprint density at radius 3 is 1.69 bits per heavy atom. The number of furan rings is 1. The first-order valence-corrected chi connectivity index (χ1v) is 18.1. The van der Waals surface area contributed by atoms with Crippen molar-refractivity contribution >= 4 is 54.5 Å². The van der Waals surface area contributed by atoms with Crippen LogP contribution in [0, 0.1) is 0 Å². The number of fused-ring (bicyclic) bond motifs is 7. The molecule has 0 aliphatic heterocycles. The van der Waals surface area contributed by atoms with Crippen LogP contribution >= 0.6 is 0 Å². The molecule has 0 N–H and O–H groups in total. The van der Waals surface area contributed by atoms with E-state index in [1.165, 1.54) is 21.7 Å². The Labute approximate surface area is 310 Å². The molecule has 0 saturated heterocycles. The molecule has 8 aromatic carbocycles. The van der Waals surface area contributed by atoms with Crippen molar-refractivity contribution in [2.75, 3.05) is 0 Å². The molecule has 252 valence electrons. The molecule has 0 atom stereocenters. The Balaban J connectivity index is 1.19. The summed E-state index contributed by atoms with van der Waals surface area (Å²) >= 11 is 0. The molecular weight excluding hydrogens is 661 g/mol. The highest BCUT2D eigenvalue weighted by molar-refractivity contribution is 6.19. The van der Waals surface area contributed by atoms with Gasteiger partial charge in [0.15, 0.2) is 17.5 Å². The molecule has 0 spiro atoms. The molecular formula is C49H30N4O. The van der Waals surface area contributed by atoms with Crippen molar-refractivity contribution in [2.45, 2.75) is 0 Å². The Bertz CT molecular complexity index is 3150. The highest BCUT2D eigenvalue weighted by Crippen LogP contribution is 2.44. The first kappa shape index (κ1) is 30.3. The van der Waals surface area contributed by atoms with Gasteiger partial charge in [0.25, 0.3) is 0 Å². The zero-order chi connectivity index (χ0) is 35.6. The average Bonchev–Trinajstić information content (AvgIpc) is 3.80. The first-order valence-electron chi connectivity index (χ1n) is 18.1. The molecule has 0 saturated carbocycles. The van der Waals surface area contributed by atoms with E-state index in [1.54, 1.807) is 0 Å². The number of nitrogens with zero attached hydrogens (tertiary/aromatic N) is 4. The molecule has 0 amide bonds. The van der Waals surface area contributed by atoms with E-state index >= 15 is 0 Å². The monoisotopic (exact) mass is 690 g/mol. The Morgan fingerprint density at radius 2 is 0.926 bits per heavy atom. The van der Waals surface area contributed by atoms with Crippen LogP contribution in [0.5, 0.6) is 0 Å². The Hall–Kier alpha value is -7.37. The van der Waals surface area contributed by atoms with E-state index in [1.807, 2.05) is 60.7 Å². The van der Waals surface area contributed by atoms with Crippen molar-refractivity contribution in [3.63, 3.8) is 0 Å². The summed E-state index contributed by atoms with van der Waals surface area (Å²) in [6, 6.07) is 63.3. The van der Waals surface area contributed by atoms with Crippen molar-refractivity contribution in [1.29, 1.82) is 0 Å². The third-order valence-electron chi connectivity index (χ3n) is 10.5. The van der Waals surface area contributed by atoms with Gasteiger partial charge in [-0.2, -0.15) is 0 Å². The van der Waals surface area contributed by atoms with Crippen molar-refractivity contribution in [3.05, 3.63) is 182 Å². The van der Waals surface area contributed by atoms with E-state index in [0.29, 0.717) is 17.5 Å². The fourth-order valence-electron chi connectivity index (χ4n) is 8.03.